The average Bonchev–Trinajstić information content (AvgIpc) is 3.22. The number of nitrogens with one attached hydrogen (secondary N) is 1. The van der Waals surface area contributed by atoms with Crippen LogP contribution in [0.4, 0.5) is 5.13 Å². The van der Waals surface area contributed by atoms with Gasteiger partial charge in [0.1, 0.15) is 0 Å². The van der Waals surface area contributed by atoms with Crippen LogP contribution in [-0.2, 0) is 11.3 Å². The van der Waals surface area contributed by atoms with E-state index in [2.05, 4.69) is 27.1 Å². The number of thiazole rings is 1. The Bertz CT molecular complexity index is 963. The van der Waals surface area contributed by atoms with Crippen LogP contribution < -0.4 is 5.32 Å². The zero-order valence-corrected chi connectivity index (χ0v) is 17.1. The maximum atomic E-state index is 12.5. The molecular formula is C19H21N5OS2. The molecular weight excluding hydrogens is 378 g/mol. The van der Waals surface area contributed by atoms with Gasteiger partial charge in [-0.05, 0) is 26.3 Å². The highest BCUT2D eigenvalue weighted by Crippen LogP contribution is 2.29. The van der Waals surface area contributed by atoms with Gasteiger partial charge in [-0.25, -0.2) is 4.98 Å². The van der Waals surface area contributed by atoms with E-state index in [9.17, 15) is 4.79 Å². The lowest BCUT2D eigenvalue weighted by molar-refractivity contribution is -0.115. The standard InChI is InChI=1S/C19H21N5OS2/c1-5-10-24-16(15-9-7-6-8-12(15)2)22-23-19(24)27-14(4)17(25)21-18-20-13(3)11-26-18/h5-9,11,14H,1,10H2,2-4H3,(H,20,21,25)/t14-/m0/s1. The van der Waals surface area contributed by atoms with E-state index in [0.717, 1.165) is 22.6 Å². The average molecular weight is 400 g/mol. The summed E-state index contributed by atoms with van der Waals surface area (Å²) in [5.41, 5.74) is 3.04. The molecule has 0 fully saturated rings. The van der Waals surface area contributed by atoms with Crippen molar-refractivity contribution in [1.82, 2.24) is 19.7 Å². The number of aromatic nitrogens is 4. The lowest BCUT2D eigenvalue weighted by Crippen LogP contribution is -2.22. The van der Waals surface area contributed by atoms with Crippen LogP contribution in [-0.4, -0.2) is 30.9 Å². The number of benzene rings is 1. The molecule has 1 N–H and O–H groups in total. The normalized spacial score (nSPS) is 12.0. The first-order valence-corrected chi connectivity index (χ1v) is 10.2. The number of nitrogens with zero attached hydrogens (tertiary/aromatic N) is 4. The summed E-state index contributed by atoms with van der Waals surface area (Å²) >= 11 is 2.79. The lowest BCUT2D eigenvalue weighted by atomic mass is 10.1. The third-order valence-corrected chi connectivity index (χ3v) is 5.87. The highest BCUT2D eigenvalue weighted by molar-refractivity contribution is 8.00. The third kappa shape index (κ3) is 4.45. The van der Waals surface area contributed by atoms with Gasteiger partial charge in [0, 0.05) is 17.5 Å². The van der Waals surface area contributed by atoms with Crippen molar-refractivity contribution in [3.8, 4) is 11.4 Å². The molecule has 8 heteroatoms. The van der Waals surface area contributed by atoms with Crippen LogP contribution in [0.5, 0.6) is 0 Å². The number of amides is 1. The molecule has 0 aliphatic heterocycles. The Labute approximate surface area is 166 Å². The lowest BCUT2D eigenvalue weighted by Gasteiger charge is -2.12. The van der Waals surface area contributed by atoms with E-state index in [-0.39, 0.29) is 11.2 Å². The van der Waals surface area contributed by atoms with Crippen LogP contribution in [0.1, 0.15) is 18.2 Å². The molecule has 140 valence electrons. The van der Waals surface area contributed by atoms with Crippen LogP contribution in [0.25, 0.3) is 11.4 Å². The summed E-state index contributed by atoms with van der Waals surface area (Å²) in [6, 6.07) is 8.04. The van der Waals surface area contributed by atoms with E-state index < -0.39 is 0 Å². The molecule has 0 radical (unpaired) electrons. The Kier molecular flexibility index (Phi) is 6.08. The molecule has 0 aliphatic rings. The van der Waals surface area contributed by atoms with Crippen LogP contribution >= 0.6 is 23.1 Å². The molecule has 0 spiro atoms. The number of carbonyl (C=O) groups is 1. The fraction of sp³-hybridized carbons (Fsp3) is 0.263. The van der Waals surface area contributed by atoms with Crippen molar-refractivity contribution >= 4 is 34.1 Å². The molecule has 1 aromatic carbocycles. The number of carbonyl (C=O) groups excluding carboxylic acids is 1. The van der Waals surface area contributed by atoms with Crippen molar-refractivity contribution in [3.05, 3.63) is 53.6 Å². The summed E-state index contributed by atoms with van der Waals surface area (Å²) in [5.74, 6) is 0.665. The van der Waals surface area contributed by atoms with E-state index >= 15 is 0 Å². The number of hydrogen-bond acceptors (Lipinski definition) is 6. The molecule has 1 atom stereocenters. The maximum absolute atomic E-state index is 12.5. The zero-order valence-electron chi connectivity index (χ0n) is 15.5. The fourth-order valence-corrected chi connectivity index (χ4v) is 4.07. The van der Waals surface area contributed by atoms with Gasteiger partial charge in [0.25, 0.3) is 0 Å². The van der Waals surface area contributed by atoms with Gasteiger partial charge in [0.2, 0.25) is 5.91 Å². The fourth-order valence-electron chi connectivity index (χ4n) is 2.52. The molecule has 0 saturated carbocycles. The highest BCUT2D eigenvalue weighted by Gasteiger charge is 2.21. The Hall–Kier alpha value is -2.45. The predicted octanol–water partition coefficient (Wildman–Crippen LogP) is 4.32. The number of hydrogen-bond donors (Lipinski definition) is 1. The molecule has 2 aromatic heterocycles. The van der Waals surface area contributed by atoms with Gasteiger partial charge in [-0.15, -0.1) is 28.1 Å². The minimum Gasteiger partial charge on any atom is -0.301 e. The monoisotopic (exact) mass is 399 g/mol. The van der Waals surface area contributed by atoms with Gasteiger partial charge < -0.3 is 5.32 Å². The topological polar surface area (TPSA) is 72.7 Å². The SMILES string of the molecule is C=CCn1c(S[C@@H](C)C(=O)Nc2nc(C)cs2)nnc1-c1ccccc1C. The van der Waals surface area contributed by atoms with Gasteiger partial charge >= 0.3 is 0 Å². The van der Waals surface area contributed by atoms with Crippen molar-refractivity contribution in [3.63, 3.8) is 0 Å². The summed E-state index contributed by atoms with van der Waals surface area (Å²) < 4.78 is 1.98. The van der Waals surface area contributed by atoms with E-state index in [0.29, 0.717) is 16.8 Å². The molecule has 6 nitrogen and oxygen atoms in total. The highest BCUT2D eigenvalue weighted by atomic mass is 32.2. The number of aryl methyl sites for hydroxylation is 2. The molecule has 0 aliphatic carbocycles. The zero-order chi connectivity index (χ0) is 19.4. The van der Waals surface area contributed by atoms with Gasteiger partial charge in [0.05, 0.1) is 10.9 Å². The largest absolute Gasteiger partial charge is 0.301 e. The van der Waals surface area contributed by atoms with Gasteiger partial charge in [-0.1, -0.05) is 42.1 Å². The summed E-state index contributed by atoms with van der Waals surface area (Å²) in [6.45, 7) is 10.2. The first kappa shape index (κ1) is 19.3. The summed E-state index contributed by atoms with van der Waals surface area (Å²) in [6.07, 6.45) is 1.80. The first-order chi connectivity index (χ1) is 13.0. The molecule has 3 rings (SSSR count). The molecule has 0 unspecified atom stereocenters. The Morgan fingerprint density at radius 1 is 1.37 bits per heavy atom. The summed E-state index contributed by atoms with van der Waals surface area (Å²) in [7, 11) is 0. The molecule has 0 saturated heterocycles. The Morgan fingerprint density at radius 2 is 2.15 bits per heavy atom. The van der Waals surface area contributed by atoms with Crippen LogP contribution in [0.2, 0.25) is 0 Å². The van der Waals surface area contributed by atoms with Crippen molar-refractivity contribution < 1.29 is 4.79 Å². The van der Waals surface area contributed by atoms with Gasteiger partial charge in [-0.3, -0.25) is 9.36 Å². The van der Waals surface area contributed by atoms with Crippen LogP contribution in [0, 0.1) is 13.8 Å². The van der Waals surface area contributed by atoms with E-state index in [1.165, 1.54) is 23.1 Å². The molecule has 2 heterocycles. The quantitative estimate of drug-likeness (QED) is 0.473. The molecule has 3 aromatic rings. The van der Waals surface area contributed by atoms with E-state index in [4.69, 9.17) is 0 Å². The second-order valence-corrected chi connectivity index (χ2v) is 8.23. The second kappa shape index (κ2) is 8.49. The van der Waals surface area contributed by atoms with Crippen molar-refractivity contribution in [2.75, 3.05) is 5.32 Å². The second-order valence-electron chi connectivity index (χ2n) is 6.06. The van der Waals surface area contributed by atoms with Gasteiger partial charge in [0.15, 0.2) is 16.1 Å². The molecule has 27 heavy (non-hydrogen) atoms. The number of thioether (sulfide) groups is 1. The minimum atomic E-state index is -0.341. The predicted molar refractivity (Wildman–Crippen MR) is 111 cm³/mol. The summed E-state index contributed by atoms with van der Waals surface area (Å²) in [4.78, 5) is 16.8. The first-order valence-electron chi connectivity index (χ1n) is 8.49. The van der Waals surface area contributed by atoms with Crippen molar-refractivity contribution in [2.24, 2.45) is 0 Å². The Morgan fingerprint density at radius 3 is 2.81 bits per heavy atom. The maximum Gasteiger partial charge on any atom is 0.239 e. The molecule has 0 bridgehead atoms. The van der Waals surface area contributed by atoms with Gasteiger partial charge in [-0.2, -0.15) is 0 Å². The molecule has 1 amide bonds. The summed E-state index contributed by atoms with van der Waals surface area (Å²) in [5, 5.41) is 14.4. The number of allylic oxidation sites excluding steroid dienone is 1. The van der Waals surface area contributed by atoms with Crippen molar-refractivity contribution in [2.45, 2.75) is 37.7 Å². The number of rotatable bonds is 7. The smallest absolute Gasteiger partial charge is 0.239 e. The minimum absolute atomic E-state index is 0.111. The number of anilines is 1. The Balaban J connectivity index is 1.81. The van der Waals surface area contributed by atoms with E-state index in [1.54, 1.807) is 6.08 Å². The van der Waals surface area contributed by atoms with Crippen LogP contribution in [0.3, 0.4) is 0 Å². The van der Waals surface area contributed by atoms with Crippen LogP contribution in [0.15, 0.2) is 47.5 Å². The van der Waals surface area contributed by atoms with E-state index in [1.807, 2.05) is 55.0 Å². The van der Waals surface area contributed by atoms with Crippen molar-refractivity contribution in [1.29, 1.82) is 0 Å². The third-order valence-electron chi connectivity index (χ3n) is 3.92.